The zero-order valence-electron chi connectivity index (χ0n) is 11.7. The Kier molecular flexibility index (Phi) is 7.83. The summed E-state index contributed by atoms with van der Waals surface area (Å²) in [4.78, 5) is 11.7. The highest BCUT2D eigenvalue weighted by Crippen LogP contribution is 2.48. The second kappa shape index (κ2) is 7.97. The van der Waals surface area contributed by atoms with Gasteiger partial charge < -0.3 is 15.8 Å². The molecule has 1 aliphatic rings. The van der Waals surface area contributed by atoms with Gasteiger partial charge >= 0.3 is 0 Å². The number of nitrogens with one attached hydrogen (secondary N) is 1. The molecule has 1 rings (SSSR count). The lowest BCUT2D eigenvalue weighted by molar-refractivity contribution is -0.123. The zero-order chi connectivity index (χ0) is 12.9. The van der Waals surface area contributed by atoms with Gasteiger partial charge in [-0.05, 0) is 37.5 Å². The Morgan fingerprint density at radius 2 is 2.06 bits per heavy atom. The summed E-state index contributed by atoms with van der Waals surface area (Å²) in [7, 11) is 0. The highest BCUT2D eigenvalue weighted by Gasteiger charge is 2.42. The summed E-state index contributed by atoms with van der Waals surface area (Å²) < 4.78 is 5.36. The van der Waals surface area contributed by atoms with Crippen molar-refractivity contribution >= 4 is 18.3 Å². The van der Waals surface area contributed by atoms with Crippen LogP contribution in [0.2, 0.25) is 0 Å². The number of hydrogen-bond donors (Lipinski definition) is 2. The Balaban J connectivity index is 0.00000289. The van der Waals surface area contributed by atoms with E-state index in [0.717, 1.165) is 26.2 Å². The van der Waals surface area contributed by atoms with Crippen LogP contribution in [0.25, 0.3) is 0 Å². The number of nitrogens with two attached hydrogens (primary N) is 1. The number of carbonyl (C=O) groups excluding carboxylic acids is 1. The molecule has 1 saturated carbocycles. The third-order valence-electron chi connectivity index (χ3n) is 3.60. The van der Waals surface area contributed by atoms with Crippen LogP contribution in [0.5, 0.6) is 0 Å². The molecule has 4 nitrogen and oxygen atoms in total. The minimum atomic E-state index is -0.391. The van der Waals surface area contributed by atoms with Crippen LogP contribution >= 0.6 is 12.4 Å². The first-order valence-electron chi connectivity index (χ1n) is 6.62. The van der Waals surface area contributed by atoms with Crippen molar-refractivity contribution in [1.29, 1.82) is 0 Å². The predicted molar refractivity (Wildman–Crippen MR) is 75.8 cm³/mol. The second-order valence-electron chi connectivity index (χ2n) is 5.43. The monoisotopic (exact) mass is 278 g/mol. The van der Waals surface area contributed by atoms with E-state index in [1.54, 1.807) is 0 Å². The molecule has 1 amide bonds. The highest BCUT2D eigenvalue weighted by atomic mass is 35.5. The molecule has 0 bridgehead atoms. The number of ether oxygens (including phenoxy) is 1. The normalized spacial score (nSPS) is 18.1. The second-order valence-corrected chi connectivity index (χ2v) is 5.43. The molecule has 18 heavy (non-hydrogen) atoms. The van der Waals surface area contributed by atoms with E-state index >= 15 is 0 Å². The fourth-order valence-electron chi connectivity index (χ4n) is 1.82. The SMILES string of the molecule is CCOCCC1(CNC(=O)[C@@H](N)C(C)C)CC1.Cl. The third-order valence-corrected chi connectivity index (χ3v) is 3.60. The smallest absolute Gasteiger partial charge is 0.237 e. The van der Waals surface area contributed by atoms with Gasteiger partial charge in [0.2, 0.25) is 5.91 Å². The molecular formula is C13H27ClN2O2. The summed E-state index contributed by atoms with van der Waals surface area (Å²) in [5, 5.41) is 2.97. The van der Waals surface area contributed by atoms with E-state index < -0.39 is 6.04 Å². The lowest BCUT2D eigenvalue weighted by Gasteiger charge is -2.19. The van der Waals surface area contributed by atoms with Crippen LogP contribution in [-0.4, -0.2) is 31.7 Å². The van der Waals surface area contributed by atoms with Gasteiger partial charge in [0, 0.05) is 19.8 Å². The molecule has 0 saturated heterocycles. The molecule has 1 fully saturated rings. The van der Waals surface area contributed by atoms with Crippen molar-refractivity contribution in [2.45, 2.75) is 46.1 Å². The summed E-state index contributed by atoms with van der Waals surface area (Å²) in [6.07, 6.45) is 3.42. The van der Waals surface area contributed by atoms with Crippen LogP contribution in [0.4, 0.5) is 0 Å². The van der Waals surface area contributed by atoms with Crippen molar-refractivity contribution in [2.24, 2.45) is 17.1 Å². The van der Waals surface area contributed by atoms with Crippen molar-refractivity contribution in [3.05, 3.63) is 0 Å². The van der Waals surface area contributed by atoms with Crippen LogP contribution in [0, 0.1) is 11.3 Å². The molecular weight excluding hydrogens is 252 g/mol. The van der Waals surface area contributed by atoms with Crippen molar-refractivity contribution < 1.29 is 9.53 Å². The van der Waals surface area contributed by atoms with E-state index in [-0.39, 0.29) is 24.2 Å². The van der Waals surface area contributed by atoms with E-state index in [9.17, 15) is 4.79 Å². The molecule has 0 spiro atoms. The van der Waals surface area contributed by atoms with Gasteiger partial charge in [-0.1, -0.05) is 13.8 Å². The van der Waals surface area contributed by atoms with Crippen molar-refractivity contribution in [3.8, 4) is 0 Å². The van der Waals surface area contributed by atoms with E-state index in [1.165, 1.54) is 12.8 Å². The molecule has 0 radical (unpaired) electrons. The van der Waals surface area contributed by atoms with Crippen molar-refractivity contribution in [2.75, 3.05) is 19.8 Å². The molecule has 1 atom stereocenters. The Morgan fingerprint density at radius 3 is 2.50 bits per heavy atom. The first-order valence-corrected chi connectivity index (χ1v) is 6.62. The summed E-state index contributed by atoms with van der Waals surface area (Å²) in [6, 6.07) is -0.391. The molecule has 5 heteroatoms. The summed E-state index contributed by atoms with van der Waals surface area (Å²) >= 11 is 0. The predicted octanol–water partition coefficient (Wildman–Crippen LogP) is 1.71. The molecule has 1 aliphatic carbocycles. The van der Waals surface area contributed by atoms with Gasteiger partial charge in [0.25, 0.3) is 0 Å². The van der Waals surface area contributed by atoms with E-state index in [2.05, 4.69) is 5.32 Å². The van der Waals surface area contributed by atoms with Gasteiger partial charge in [-0.25, -0.2) is 0 Å². The maximum Gasteiger partial charge on any atom is 0.237 e. The molecule has 0 aromatic rings. The summed E-state index contributed by atoms with van der Waals surface area (Å²) in [5.74, 6) is 0.163. The molecule has 108 valence electrons. The van der Waals surface area contributed by atoms with Crippen LogP contribution in [0.15, 0.2) is 0 Å². The number of halogens is 1. The Morgan fingerprint density at radius 1 is 1.44 bits per heavy atom. The lowest BCUT2D eigenvalue weighted by atomic mass is 10.0. The zero-order valence-corrected chi connectivity index (χ0v) is 12.5. The number of carbonyl (C=O) groups is 1. The van der Waals surface area contributed by atoms with Gasteiger partial charge in [-0.2, -0.15) is 0 Å². The first kappa shape index (κ1) is 17.7. The topological polar surface area (TPSA) is 64.3 Å². The standard InChI is InChI=1S/C13H26N2O2.ClH/c1-4-17-8-7-13(5-6-13)9-15-12(16)11(14)10(2)3;/h10-11H,4-9,14H2,1-3H3,(H,15,16);1H/t11-;/m0./s1. The number of amides is 1. The Hall–Kier alpha value is -0.320. The van der Waals surface area contributed by atoms with Crippen molar-refractivity contribution in [3.63, 3.8) is 0 Å². The maximum atomic E-state index is 11.7. The fourth-order valence-corrected chi connectivity index (χ4v) is 1.82. The summed E-state index contributed by atoms with van der Waals surface area (Å²) in [5.41, 5.74) is 6.09. The fraction of sp³-hybridized carbons (Fsp3) is 0.923. The lowest BCUT2D eigenvalue weighted by Crippen LogP contribution is -2.45. The van der Waals surface area contributed by atoms with Crippen LogP contribution < -0.4 is 11.1 Å². The molecule has 3 N–H and O–H groups in total. The van der Waals surface area contributed by atoms with Gasteiger partial charge in [0.1, 0.15) is 0 Å². The Labute approximate surface area is 116 Å². The van der Waals surface area contributed by atoms with Crippen LogP contribution in [-0.2, 0) is 9.53 Å². The molecule has 0 aromatic heterocycles. The highest BCUT2D eigenvalue weighted by molar-refractivity contribution is 5.85. The average molecular weight is 279 g/mol. The number of rotatable bonds is 8. The molecule has 0 heterocycles. The summed E-state index contributed by atoms with van der Waals surface area (Å²) in [6.45, 7) is 8.24. The average Bonchev–Trinajstić information content (AvgIpc) is 3.06. The van der Waals surface area contributed by atoms with E-state index in [1.807, 2.05) is 20.8 Å². The Bertz CT molecular complexity index is 255. The van der Waals surface area contributed by atoms with Crippen molar-refractivity contribution in [1.82, 2.24) is 5.32 Å². The van der Waals surface area contributed by atoms with Gasteiger partial charge in [-0.3, -0.25) is 4.79 Å². The third kappa shape index (κ3) is 5.55. The minimum Gasteiger partial charge on any atom is -0.382 e. The number of hydrogen-bond acceptors (Lipinski definition) is 3. The quantitative estimate of drug-likeness (QED) is 0.665. The molecule has 0 aromatic carbocycles. The van der Waals surface area contributed by atoms with Crippen LogP contribution in [0.3, 0.4) is 0 Å². The maximum absolute atomic E-state index is 11.7. The van der Waals surface area contributed by atoms with Gasteiger partial charge in [-0.15, -0.1) is 12.4 Å². The van der Waals surface area contributed by atoms with Gasteiger partial charge in [0.05, 0.1) is 6.04 Å². The van der Waals surface area contributed by atoms with Gasteiger partial charge in [0.15, 0.2) is 0 Å². The minimum absolute atomic E-state index is 0. The molecule has 0 aliphatic heterocycles. The largest absolute Gasteiger partial charge is 0.382 e. The molecule has 0 unspecified atom stereocenters. The van der Waals surface area contributed by atoms with E-state index in [0.29, 0.717) is 5.41 Å². The first-order chi connectivity index (χ1) is 8.01. The van der Waals surface area contributed by atoms with E-state index in [4.69, 9.17) is 10.5 Å². The van der Waals surface area contributed by atoms with Crippen LogP contribution in [0.1, 0.15) is 40.0 Å².